The Morgan fingerprint density at radius 2 is 1.96 bits per heavy atom. The first-order valence-corrected chi connectivity index (χ1v) is 10.9. The lowest BCUT2D eigenvalue weighted by Crippen LogP contribution is -2.38. The van der Waals surface area contributed by atoms with E-state index in [9.17, 15) is 14.7 Å². The minimum atomic E-state index is -0.621. The molecule has 2 aromatic rings. The molecule has 28 heavy (non-hydrogen) atoms. The van der Waals surface area contributed by atoms with Gasteiger partial charge in [-0.25, -0.2) is 0 Å². The summed E-state index contributed by atoms with van der Waals surface area (Å²) in [7, 11) is 0. The smallest absolute Gasteiger partial charge is 0.227 e. The van der Waals surface area contributed by atoms with E-state index >= 15 is 0 Å². The zero-order valence-corrected chi connectivity index (χ0v) is 17.0. The average molecular weight is 402 g/mol. The van der Waals surface area contributed by atoms with Crippen molar-refractivity contribution in [3.63, 3.8) is 0 Å². The fourth-order valence-corrected chi connectivity index (χ4v) is 5.02. The molecule has 1 aliphatic rings. The summed E-state index contributed by atoms with van der Waals surface area (Å²) in [6.45, 7) is 2.29. The molecule has 1 aromatic heterocycles. The molecule has 0 atom stereocenters. The van der Waals surface area contributed by atoms with Gasteiger partial charge in [-0.2, -0.15) is 11.8 Å². The number of amides is 1. The first-order valence-electron chi connectivity index (χ1n) is 9.73. The summed E-state index contributed by atoms with van der Waals surface area (Å²) in [5.41, 5.74) is 0.188. The number of thioether (sulfide) groups is 1. The Morgan fingerprint density at radius 3 is 2.68 bits per heavy atom. The molecule has 1 aliphatic heterocycles. The lowest BCUT2D eigenvalue weighted by Gasteiger charge is -2.35. The van der Waals surface area contributed by atoms with Crippen LogP contribution in [-0.2, 0) is 16.6 Å². The number of hydrogen-bond acceptors (Lipinski definition) is 5. The summed E-state index contributed by atoms with van der Waals surface area (Å²) in [6, 6.07) is 11.5. The molecule has 0 saturated carbocycles. The van der Waals surface area contributed by atoms with Gasteiger partial charge < -0.3 is 14.8 Å². The van der Waals surface area contributed by atoms with Crippen molar-refractivity contribution in [3.8, 4) is 5.75 Å². The van der Waals surface area contributed by atoms with Crippen LogP contribution in [0, 0.1) is 6.92 Å². The Morgan fingerprint density at radius 1 is 1.25 bits per heavy atom. The van der Waals surface area contributed by atoms with E-state index in [0.29, 0.717) is 25.1 Å². The molecule has 5 nitrogen and oxygen atoms in total. The second-order valence-electron chi connectivity index (χ2n) is 7.41. The van der Waals surface area contributed by atoms with Gasteiger partial charge in [0.1, 0.15) is 5.76 Å². The predicted molar refractivity (Wildman–Crippen MR) is 112 cm³/mol. The summed E-state index contributed by atoms with van der Waals surface area (Å²) >= 11 is 1.82. The number of carbonyl (C=O) groups is 1. The molecule has 2 N–H and O–H groups in total. The van der Waals surface area contributed by atoms with Crippen molar-refractivity contribution in [3.05, 3.63) is 63.7 Å². The van der Waals surface area contributed by atoms with Crippen LogP contribution in [0.4, 0.5) is 0 Å². The number of carbonyl (C=O) groups excluding carboxylic acids is 1. The van der Waals surface area contributed by atoms with Crippen molar-refractivity contribution in [1.82, 2.24) is 5.32 Å². The third kappa shape index (κ3) is 4.98. The lowest BCUT2D eigenvalue weighted by molar-refractivity contribution is -0.122. The highest BCUT2D eigenvalue weighted by Crippen LogP contribution is 2.43. The fourth-order valence-electron chi connectivity index (χ4n) is 3.74. The minimum absolute atomic E-state index is 0.0662. The van der Waals surface area contributed by atoms with Crippen molar-refractivity contribution in [2.75, 3.05) is 18.1 Å². The minimum Gasteiger partial charge on any atom is -0.502 e. The topological polar surface area (TPSA) is 79.5 Å². The van der Waals surface area contributed by atoms with Gasteiger partial charge in [0.05, 0.1) is 0 Å². The van der Waals surface area contributed by atoms with E-state index < -0.39 is 10.8 Å². The van der Waals surface area contributed by atoms with Crippen LogP contribution in [0.15, 0.2) is 45.6 Å². The second-order valence-corrected chi connectivity index (χ2v) is 8.63. The lowest BCUT2D eigenvalue weighted by atomic mass is 9.75. The van der Waals surface area contributed by atoms with Crippen molar-refractivity contribution in [1.29, 1.82) is 0 Å². The molecule has 0 unspecified atom stereocenters. The molecule has 0 radical (unpaired) electrons. The van der Waals surface area contributed by atoms with E-state index in [0.717, 1.165) is 24.3 Å². The first-order chi connectivity index (χ1) is 13.5. The SMILES string of the molecule is Cc1cc(=O)c(O)c(C2(CC(=O)NCCCc3ccccc3)CCSCC2)o1. The van der Waals surface area contributed by atoms with Gasteiger partial charge in [-0.1, -0.05) is 30.3 Å². The normalized spacial score (nSPS) is 15.9. The molecule has 1 saturated heterocycles. The predicted octanol–water partition coefficient (Wildman–Crippen LogP) is 3.56. The summed E-state index contributed by atoms with van der Waals surface area (Å²) < 4.78 is 5.78. The van der Waals surface area contributed by atoms with E-state index in [4.69, 9.17) is 4.42 Å². The molecule has 6 heteroatoms. The molecular formula is C22H27NO4S. The molecule has 0 bridgehead atoms. The van der Waals surface area contributed by atoms with Gasteiger partial charge in [0.2, 0.25) is 17.1 Å². The van der Waals surface area contributed by atoms with E-state index in [1.54, 1.807) is 6.92 Å². The van der Waals surface area contributed by atoms with E-state index in [1.165, 1.54) is 11.6 Å². The molecule has 0 aliphatic carbocycles. The fraction of sp³-hybridized carbons (Fsp3) is 0.455. The Labute approximate surface area is 169 Å². The van der Waals surface area contributed by atoms with Gasteiger partial charge in [0.25, 0.3) is 0 Å². The van der Waals surface area contributed by atoms with E-state index in [-0.39, 0.29) is 23.8 Å². The van der Waals surface area contributed by atoms with Crippen molar-refractivity contribution >= 4 is 17.7 Å². The quantitative estimate of drug-likeness (QED) is 0.694. The van der Waals surface area contributed by atoms with Crippen LogP contribution in [0.5, 0.6) is 5.75 Å². The molecule has 0 spiro atoms. The maximum absolute atomic E-state index is 12.7. The highest BCUT2D eigenvalue weighted by atomic mass is 32.2. The van der Waals surface area contributed by atoms with Gasteiger partial charge >= 0.3 is 0 Å². The summed E-state index contributed by atoms with van der Waals surface area (Å²) in [6.07, 6.45) is 3.41. The largest absolute Gasteiger partial charge is 0.502 e. The van der Waals surface area contributed by atoms with Crippen molar-refractivity contribution in [2.45, 2.75) is 44.4 Å². The highest BCUT2D eigenvalue weighted by molar-refractivity contribution is 7.99. The molecule has 2 heterocycles. The summed E-state index contributed by atoms with van der Waals surface area (Å²) in [5.74, 6) is 2.06. The highest BCUT2D eigenvalue weighted by Gasteiger charge is 2.41. The number of rotatable bonds is 7. The molecule has 1 fully saturated rings. The summed E-state index contributed by atoms with van der Waals surface area (Å²) in [5, 5.41) is 13.3. The molecule has 150 valence electrons. The van der Waals surface area contributed by atoms with Gasteiger partial charge in [0, 0.05) is 24.4 Å². The number of benzene rings is 1. The van der Waals surface area contributed by atoms with Crippen molar-refractivity contribution in [2.24, 2.45) is 0 Å². The van der Waals surface area contributed by atoms with Crippen LogP contribution in [0.3, 0.4) is 0 Å². The van der Waals surface area contributed by atoms with Crippen LogP contribution < -0.4 is 10.7 Å². The van der Waals surface area contributed by atoms with Gasteiger partial charge in [-0.15, -0.1) is 0 Å². The van der Waals surface area contributed by atoms with E-state index in [1.807, 2.05) is 30.0 Å². The molecule has 1 amide bonds. The van der Waals surface area contributed by atoms with E-state index in [2.05, 4.69) is 17.4 Å². The Bertz CT molecular complexity index is 857. The zero-order chi connectivity index (χ0) is 20.0. The van der Waals surface area contributed by atoms with Crippen LogP contribution >= 0.6 is 11.8 Å². The number of hydrogen-bond donors (Lipinski definition) is 2. The molecule has 1 aromatic carbocycles. The third-order valence-electron chi connectivity index (χ3n) is 5.28. The van der Waals surface area contributed by atoms with Crippen LogP contribution in [0.25, 0.3) is 0 Å². The third-order valence-corrected chi connectivity index (χ3v) is 6.27. The number of aryl methyl sites for hydroxylation is 2. The Hall–Kier alpha value is -2.21. The zero-order valence-electron chi connectivity index (χ0n) is 16.2. The molecular weight excluding hydrogens is 374 g/mol. The number of aromatic hydroxyl groups is 1. The Kier molecular flexibility index (Phi) is 6.83. The van der Waals surface area contributed by atoms with Crippen LogP contribution in [-0.4, -0.2) is 29.1 Å². The number of nitrogens with one attached hydrogen (secondary N) is 1. The standard InChI is InChI=1S/C22H27NO4S/c1-16-14-18(24)20(26)21(27-16)22(9-12-28-13-10-22)15-19(25)23-11-5-8-17-6-3-2-4-7-17/h2-4,6-7,14,26H,5,8-13,15H2,1H3,(H,23,25). The molecule has 3 rings (SSSR count). The van der Waals surface area contributed by atoms with Crippen molar-refractivity contribution < 1.29 is 14.3 Å². The summed E-state index contributed by atoms with van der Waals surface area (Å²) in [4.78, 5) is 24.7. The first kappa shape index (κ1) is 20.5. The average Bonchev–Trinajstić information content (AvgIpc) is 2.69. The Balaban J connectivity index is 1.66. The van der Waals surface area contributed by atoms with Gasteiger partial charge in [-0.3, -0.25) is 9.59 Å². The van der Waals surface area contributed by atoms with Gasteiger partial charge in [0.15, 0.2) is 5.76 Å². The monoisotopic (exact) mass is 401 g/mol. The maximum atomic E-state index is 12.7. The van der Waals surface area contributed by atoms with Crippen LogP contribution in [0.2, 0.25) is 0 Å². The second kappa shape index (κ2) is 9.32. The van der Waals surface area contributed by atoms with Crippen LogP contribution in [0.1, 0.15) is 42.8 Å². The van der Waals surface area contributed by atoms with Gasteiger partial charge in [-0.05, 0) is 49.7 Å². The maximum Gasteiger partial charge on any atom is 0.227 e.